The lowest BCUT2D eigenvalue weighted by Crippen LogP contribution is -2.39. The van der Waals surface area contributed by atoms with Crippen LogP contribution in [-0.2, 0) is 11.2 Å². The van der Waals surface area contributed by atoms with Gasteiger partial charge in [-0.05, 0) is 30.9 Å². The molecule has 0 bridgehead atoms. The summed E-state index contributed by atoms with van der Waals surface area (Å²) in [6.07, 6.45) is 1.24. The van der Waals surface area contributed by atoms with E-state index in [-0.39, 0.29) is 36.7 Å². The second kappa shape index (κ2) is 8.18. The van der Waals surface area contributed by atoms with Gasteiger partial charge in [-0.25, -0.2) is 13.2 Å². The van der Waals surface area contributed by atoms with Crippen molar-refractivity contribution in [1.29, 1.82) is 5.26 Å². The lowest BCUT2D eigenvalue weighted by Gasteiger charge is -2.21. The third-order valence-corrected chi connectivity index (χ3v) is 3.73. The first-order chi connectivity index (χ1) is 10.4. The Balaban J connectivity index is 0.00000264. The third kappa shape index (κ3) is 4.60. The van der Waals surface area contributed by atoms with Gasteiger partial charge in [0.15, 0.2) is 11.6 Å². The Bertz CT molecular complexity index is 621. The summed E-state index contributed by atoms with van der Waals surface area (Å²) in [5.74, 6) is -3.59. The highest BCUT2D eigenvalue weighted by Gasteiger charge is 2.29. The molecule has 1 fully saturated rings. The molecule has 1 aliphatic heterocycles. The van der Waals surface area contributed by atoms with Crippen molar-refractivity contribution in [3.8, 4) is 6.07 Å². The molecule has 0 spiro atoms. The summed E-state index contributed by atoms with van der Waals surface area (Å²) >= 11 is 0. The van der Waals surface area contributed by atoms with Gasteiger partial charge in [-0.1, -0.05) is 0 Å². The van der Waals surface area contributed by atoms with Crippen molar-refractivity contribution in [1.82, 2.24) is 4.90 Å². The molecule has 2 N–H and O–H groups in total. The molecule has 0 radical (unpaired) electrons. The molecule has 126 valence electrons. The third-order valence-electron chi connectivity index (χ3n) is 3.73. The van der Waals surface area contributed by atoms with Crippen LogP contribution in [0.5, 0.6) is 0 Å². The number of halogens is 4. The van der Waals surface area contributed by atoms with Gasteiger partial charge in [-0.15, -0.1) is 12.4 Å². The van der Waals surface area contributed by atoms with E-state index in [0.29, 0.717) is 19.0 Å². The smallest absolute Gasteiger partial charge is 0.225 e. The number of likely N-dealkylation sites (tertiary alicyclic amines) is 1. The van der Waals surface area contributed by atoms with Gasteiger partial charge in [0.2, 0.25) is 5.91 Å². The van der Waals surface area contributed by atoms with E-state index >= 15 is 0 Å². The second-order valence-corrected chi connectivity index (χ2v) is 5.40. The first-order valence-electron chi connectivity index (χ1n) is 7.00. The summed E-state index contributed by atoms with van der Waals surface area (Å²) in [6, 6.07) is 2.10. The number of nitriles is 1. The van der Waals surface area contributed by atoms with E-state index in [1.54, 1.807) is 0 Å². The van der Waals surface area contributed by atoms with Crippen LogP contribution in [0.4, 0.5) is 13.2 Å². The highest BCUT2D eigenvalue weighted by Crippen LogP contribution is 2.19. The van der Waals surface area contributed by atoms with Gasteiger partial charge in [0.25, 0.3) is 0 Å². The molecule has 8 heteroatoms. The fourth-order valence-corrected chi connectivity index (χ4v) is 2.62. The molecule has 0 saturated carbocycles. The van der Waals surface area contributed by atoms with Gasteiger partial charge < -0.3 is 10.6 Å². The number of hydrogen-bond acceptors (Lipinski definition) is 3. The van der Waals surface area contributed by atoms with Crippen molar-refractivity contribution in [3.05, 3.63) is 35.1 Å². The van der Waals surface area contributed by atoms with Gasteiger partial charge in [0.05, 0.1) is 6.07 Å². The predicted octanol–water partition coefficient (Wildman–Crippen LogP) is 2.30. The van der Waals surface area contributed by atoms with Crippen LogP contribution in [0.15, 0.2) is 12.1 Å². The van der Waals surface area contributed by atoms with Gasteiger partial charge in [-0.3, -0.25) is 4.79 Å². The molecular weight excluding hydrogens is 331 g/mol. The Morgan fingerprint density at radius 1 is 1.35 bits per heavy atom. The maximum absolute atomic E-state index is 13.5. The van der Waals surface area contributed by atoms with Crippen molar-refractivity contribution in [2.24, 2.45) is 5.73 Å². The fourth-order valence-electron chi connectivity index (χ4n) is 2.62. The number of benzene rings is 1. The molecule has 23 heavy (non-hydrogen) atoms. The summed E-state index contributed by atoms with van der Waals surface area (Å²) < 4.78 is 39.5. The maximum Gasteiger partial charge on any atom is 0.225 e. The summed E-state index contributed by atoms with van der Waals surface area (Å²) in [5, 5.41) is 8.95. The largest absolute Gasteiger partial charge is 0.327 e. The first-order valence-corrected chi connectivity index (χ1v) is 7.00. The summed E-state index contributed by atoms with van der Waals surface area (Å²) in [7, 11) is 0. The van der Waals surface area contributed by atoms with Crippen molar-refractivity contribution in [3.63, 3.8) is 0 Å². The lowest BCUT2D eigenvalue weighted by atomic mass is 10.0. The predicted molar refractivity (Wildman–Crippen MR) is 80.2 cm³/mol. The van der Waals surface area contributed by atoms with Crippen molar-refractivity contribution in [2.75, 3.05) is 6.54 Å². The molecule has 1 aromatic rings. The van der Waals surface area contributed by atoms with Crippen LogP contribution in [0, 0.1) is 28.8 Å². The standard InChI is InChI=1S/C15H16F3N3O.ClH/c16-12-7-14(18)13(17)5-9(12)4-10(20)6-15(22)21-3-1-2-11(21)8-19;/h5,7,10-11H,1-4,6,20H2;1H. The molecule has 1 aliphatic rings. The number of amides is 1. The fraction of sp³-hybridized carbons (Fsp3) is 0.467. The number of carbonyl (C=O) groups excluding carboxylic acids is 1. The van der Waals surface area contributed by atoms with Crippen molar-refractivity contribution in [2.45, 2.75) is 37.8 Å². The Morgan fingerprint density at radius 3 is 2.65 bits per heavy atom. The molecule has 1 amide bonds. The van der Waals surface area contributed by atoms with E-state index in [9.17, 15) is 18.0 Å². The molecule has 0 aliphatic carbocycles. The summed E-state index contributed by atoms with van der Waals surface area (Å²) in [6.45, 7) is 0.503. The zero-order valence-electron chi connectivity index (χ0n) is 12.3. The Kier molecular flexibility index (Phi) is 6.85. The molecule has 1 saturated heterocycles. The highest BCUT2D eigenvalue weighted by molar-refractivity contribution is 5.85. The number of rotatable bonds is 4. The highest BCUT2D eigenvalue weighted by atomic mass is 35.5. The molecule has 2 unspecified atom stereocenters. The molecule has 2 atom stereocenters. The van der Waals surface area contributed by atoms with Gasteiger partial charge >= 0.3 is 0 Å². The number of nitrogens with zero attached hydrogens (tertiary/aromatic N) is 2. The average molecular weight is 348 g/mol. The quantitative estimate of drug-likeness (QED) is 0.850. The Morgan fingerprint density at radius 2 is 2.00 bits per heavy atom. The number of carbonyl (C=O) groups is 1. The van der Waals surface area contributed by atoms with E-state index in [1.165, 1.54) is 4.90 Å². The monoisotopic (exact) mass is 347 g/mol. The van der Waals surface area contributed by atoms with Crippen LogP contribution in [0.3, 0.4) is 0 Å². The van der Waals surface area contributed by atoms with E-state index in [4.69, 9.17) is 11.0 Å². The summed E-state index contributed by atoms with van der Waals surface area (Å²) in [5.41, 5.74) is 5.73. The van der Waals surface area contributed by atoms with Gasteiger partial charge in [0.1, 0.15) is 11.9 Å². The normalized spacial score (nSPS) is 18.2. The van der Waals surface area contributed by atoms with Crippen LogP contribution >= 0.6 is 12.4 Å². The molecule has 0 aromatic heterocycles. The van der Waals surface area contributed by atoms with Gasteiger partial charge in [-0.2, -0.15) is 5.26 Å². The van der Waals surface area contributed by atoms with Crippen LogP contribution < -0.4 is 5.73 Å². The number of hydrogen-bond donors (Lipinski definition) is 1. The minimum Gasteiger partial charge on any atom is -0.327 e. The molecule has 2 rings (SSSR count). The van der Waals surface area contributed by atoms with Gasteiger partial charge in [0, 0.05) is 25.1 Å². The van der Waals surface area contributed by atoms with E-state index in [2.05, 4.69) is 6.07 Å². The van der Waals surface area contributed by atoms with Crippen LogP contribution in [0.25, 0.3) is 0 Å². The van der Waals surface area contributed by atoms with Crippen molar-refractivity contribution >= 4 is 18.3 Å². The molecule has 1 heterocycles. The zero-order chi connectivity index (χ0) is 16.3. The molecular formula is C15H17ClF3N3O. The molecule has 4 nitrogen and oxygen atoms in total. The SMILES string of the molecule is Cl.N#CC1CCCN1C(=O)CC(N)Cc1cc(F)c(F)cc1F. The van der Waals surface area contributed by atoms with E-state index in [1.807, 2.05) is 0 Å². The zero-order valence-corrected chi connectivity index (χ0v) is 13.1. The van der Waals surface area contributed by atoms with E-state index in [0.717, 1.165) is 12.5 Å². The maximum atomic E-state index is 13.5. The topological polar surface area (TPSA) is 70.1 Å². The summed E-state index contributed by atoms with van der Waals surface area (Å²) in [4.78, 5) is 13.5. The second-order valence-electron chi connectivity index (χ2n) is 5.40. The first kappa shape index (κ1) is 19.3. The molecule has 1 aromatic carbocycles. The Labute approximate surface area is 138 Å². The lowest BCUT2D eigenvalue weighted by molar-refractivity contribution is -0.131. The van der Waals surface area contributed by atoms with Crippen LogP contribution in [-0.4, -0.2) is 29.4 Å². The minimum atomic E-state index is -1.26. The van der Waals surface area contributed by atoms with Crippen molar-refractivity contribution < 1.29 is 18.0 Å². The Hall–Kier alpha value is -1.78. The number of nitrogens with two attached hydrogens (primary N) is 1. The van der Waals surface area contributed by atoms with Crippen LogP contribution in [0.1, 0.15) is 24.8 Å². The van der Waals surface area contributed by atoms with Crippen LogP contribution in [0.2, 0.25) is 0 Å². The average Bonchev–Trinajstić information content (AvgIpc) is 2.93. The van der Waals surface area contributed by atoms with E-state index < -0.39 is 29.5 Å². The minimum absolute atomic E-state index is 0.